The van der Waals surface area contributed by atoms with E-state index in [9.17, 15) is 14.4 Å². The number of aryl methyl sites for hydroxylation is 1. The number of rotatable bonds is 6. The number of anilines is 1. The van der Waals surface area contributed by atoms with Crippen molar-refractivity contribution in [2.24, 2.45) is 0 Å². The normalized spacial score (nSPS) is 10.8. The maximum absolute atomic E-state index is 13.2. The summed E-state index contributed by atoms with van der Waals surface area (Å²) in [5.74, 6) is -0.725. The Morgan fingerprint density at radius 2 is 1.91 bits per heavy atom. The number of fused-ring (bicyclic) bond motifs is 1. The molecule has 0 saturated heterocycles. The Morgan fingerprint density at radius 3 is 2.66 bits per heavy atom. The Labute approximate surface area is 192 Å². The molecule has 0 bridgehead atoms. The van der Waals surface area contributed by atoms with Gasteiger partial charge in [-0.25, -0.2) is 9.78 Å². The highest BCUT2D eigenvalue weighted by Gasteiger charge is 2.16. The van der Waals surface area contributed by atoms with Crippen molar-refractivity contribution in [2.45, 2.75) is 12.1 Å². The third-order valence-electron chi connectivity index (χ3n) is 4.57. The second-order valence-corrected chi connectivity index (χ2v) is 9.03. The first-order chi connectivity index (χ1) is 15.5. The van der Waals surface area contributed by atoms with Crippen molar-refractivity contribution >= 4 is 50.9 Å². The van der Waals surface area contributed by atoms with Gasteiger partial charge in [-0.05, 0) is 43.3 Å². The number of carbonyl (C=O) groups is 2. The van der Waals surface area contributed by atoms with Gasteiger partial charge in [0.15, 0.2) is 5.16 Å². The van der Waals surface area contributed by atoms with Crippen LogP contribution in [0.25, 0.3) is 15.9 Å². The summed E-state index contributed by atoms with van der Waals surface area (Å²) in [4.78, 5) is 43.8. The summed E-state index contributed by atoms with van der Waals surface area (Å²) in [5.41, 5.74) is 1.34. The zero-order valence-corrected chi connectivity index (χ0v) is 19.0. The van der Waals surface area contributed by atoms with Gasteiger partial charge in [0.2, 0.25) is 5.91 Å². The Kier molecular flexibility index (Phi) is 6.38. The lowest BCUT2D eigenvalue weighted by Crippen LogP contribution is -2.22. The van der Waals surface area contributed by atoms with E-state index in [1.54, 1.807) is 24.3 Å². The van der Waals surface area contributed by atoms with Gasteiger partial charge in [0, 0.05) is 10.6 Å². The number of thioether (sulfide) groups is 1. The first-order valence-corrected chi connectivity index (χ1v) is 11.5. The lowest BCUT2D eigenvalue weighted by Gasteiger charge is -2.12. The molecule has 0 saturated carbocycles. The number of aromatic nitrogens is 2. The van der Waals surface area contributed by atoms with Crippen molar-refractivity contribution in [1.82, 2.24) is 9.55 Å². The predicted octanol–water partition coefficient (Wildman–Crippen LogP) is 4.27. The van der Waals surface area contributed by atoms with Crippen LogP contribution in [0.3, 0.4) is 0 Å². The first kappa shape index (κ1) is 21.8. The van der Waals surface area contributed by atoms with Crippen molar-refractivity contribution in [3.8, 4) is 5.69 Å². The van der Waals surface area contributed by atoms with E-state index in [0.29, 0.717) is 32.3 Å². The first-order valence-electron chi connectivity index (χ1n) is 9.66. The van der Waals surface area contributed by atoms with Crippen LogP contribution in [0.4, 0.5) is 5.69 Å². The highest BCUT2D eigenvalue weighted by atomic mass is 32.2. The number of methoxy groups -OCH3 is 1. The monoisotopic (exact) mass is 465 g/mol. The zero-order valence-electron chi connectivity index (χ0n) is 17.3. The minimum absolute atomic E-state index is 0.0393. The molecule has 2 aromatic heterocycles. The van der Waals surface area contributed by atoms with E-state index in [2.05, 4.69) is 10.3 Å². The molecule has 1 amide bonds. The van der Waals surface area contributed by atoms with Gasteiger partial charge in [-0.3, -0.25) is 14.2 Å². The van der Waals surface area contributed by atoms with Crippen molar-refractivity contribution in [3.05, 3.63) is 81.5 Å². The van der Waals surface area contributed by atoms with Crippen molar-refractivity contribution < 1.29 is 14.3 Å². The van der Waals surface area contributed by atoms with E-state index in [4.69, 9.17) is 4.74 Å². The largest absolute Gasteiger partial charge is 0.465 e. The molecule has 0 unspecified atom stereocenters. The highest BCUT2D eigenvalue weighted by molar-refractivity contribution is 7.99. The molecule has 0 aliphatic heterocycles. The molecule has 0 fully saturated rings. The number of para-hydroxylation sites is 1. The second-order valence-electron chi connectivity index (χ2n) is 6.86. The maximum atomic E-state index is 13.2. The van der Waals surface area contributed by atoms with E-state index in [-0.39, 0.29) is 17.2 Å². The number of amides is 1. The van der Waals surface area contributed by atoms with Gasteiger partial charge in [0.05, 0.1) is 29.5 Å². The van der Waals surface area contributed by atoms with Crippen LogP contribution < -0.4 is 10.9 Å². The van der Waals surface area contributed by atoms with Crippen LogP contribution in [0.5, 0.6) is 0 Å². The summed E-state index contributed by atoms with van der Waals surface area (Å²) >= 11 is 2.62. The van der Waals surface area contributed by atoms with Gasteiger partial charge in [-0.15, -0.1) is 11.3 Å². The number of nitrogens with one attached hydrogen (secondary N) is 1. The highest BCUT2D eigenvalue weighted by Crippen LogP contribution is 2.26. The van der Waals surface area contributed by atoms with Crippen molar-refractivity contribution in [3.63, 3.8) is 0 Å². The van der Waals surface area contributed by atoms with Gasteiger partial charge in [-0.2, -0.15) is 0 Å². The fraction of sp³-hybridized carbons (Fsp3) is 0.130. The number of ether oxygens (including phenoxy) is 1. The average molecular weight is 466 g/mol. The van der Waals surface area contributed by atoms with Crippen LogP contribution in [-0.4, -0.2) is 34.3 Å². The molecule has 1 N–H and O–H groups in total. The molecule has 0 spiro atoms. The van der Waals surface area contributed by atoms with Gasteiger partial charge in [0.25, 0.3) is 5.56 Å². The number of benzene rings is 2. The lowest BCUT2D eigenvalue weighted by atomic mass is 10.2. The number of nitrogens with zero attached hydrogens (tertiary/aromatic N) is 2. The molecule has 0 aliphatic rings. The topological polar surface area (TPSA) is 90.3 Å². The summed E-state index contributed by atoms with van der Waals surface area (Å²) in [7, 11) is 1.30. The summed E-state index contributed by atoms with van der Waals surface area (Å²) in [6, 6.07) is 17.6. The summed E-state index contributed by atoms with van der Waals surface area (Å²) in [6.45, 7) is 1.93. The van der Waals surface area contributed by atoms with Crippen LogP contribution in [0.2, 0.25) is 0 Å². The maximum Gasteiger partial charge on any atom is 0.337 e. The van der Waals surface area contributed by atoms with Gasteiger partial charge in [-0.1, -0.05) is 36.0 Å². The fourth-order valence-corrected chi connectivity index (χ4v) is 4.89. The molecular formula is C23H19N3O4S2. The van der Waals surface area contributed by atoms with Crippen LogP contribution in [0, 0.1) is 6.92 Å². The Morgan fingerprint density at radius 1 is 1.12 bits per heavy atom. The molecule has 4 aromatic rings. The fourth-order valence-electron chi connectivity index (χ4n) is 3.15. The van der Waals surface area contributed by atoms with Crippen molar-refractivity contribution in [1.29, 1.82) is 0 Å². The third kappa shape index (κ3) is 4.58. The van der Waals surface area contributed by atoms with E-state index in [0.717, 1.165) is 4.88 Å². The Balaban J connectivity index is 1.60. The summed E-state index contributed by atoms with van der Waals surface area (Å²) in [6.07, 6.45) is 0. The Hall–Kier alpha value is -3.43. The molecule has 0 aliphatic carbocycles. The molecule has 162 valence electrons. The second kappa shape index (κ2) is 9.37. The van der Waals surface area contributed by atoms with Crippen LogP contribution in [-0.2, 0) is 9.53 Å². The number of hydrogen-bond donors (Lipinski definition) is 1. The van der Waals surface area contributed by atoms with E-state index < -0.39 is 5.97 Å². The molecule has 7 nitrogen and oxygen atoms in total. The predicted molar refractivity (Wildman–Crippen MR) is 127 cm³/mol. The molecule has 0 atom stereocenters. The molecule has 9 heteroatoms. The van der Waals surface area contributed by atoms with Crippen LogP contribution >= 0.6 is 23.1 Å². The molecule has 2 aromatic carbocycles. The summed E-state index contributed by atoms with van der Waals surface area (Å²) in [5, 5.41) is 3.77. The van der Waals surface area contributed by atoms with Gasteiger partial charge >= 0.3 is 5.97 Å². The Bertz CT molecular complexity index is 1360. The van der Waals surface area contributed by atoms with E-state index in [1.807, 2.05) is 43.3 Å². The molecule has 2 heterocycles. The minimum Gasteiger partial charge on any atom is -0.465 e. The number of carbonyl (C=O) groups excluding carboxylic acids is 2. The third-order valence-corrected chi connectivity index (χ3v) is 6.45. The summed E-state index contributed by atoms with van der Waals surface area (Å²) < 4.78 is 6.24. The number of thiophene rings is 1. The van der Waals surface area contributed by atoms with Crippen molar-refractivity contribution in [2.75, 3.05) is 18.2 Å². The molecule has 32 heavy (non-hydrogen) atoms. The SMILES string of the molecule is COC(=O)c1cccc(NC(=O)CSc2nc3sc(C)cc3c(=O)n2-c2ccccc2)c1. The molecular weight excluding hydrogens is 446 g/mol. The van der Waals surface area contributed by atoms with Crippen LogP contribution in [0.15, 0.2) is 70.6 Å². The quantitative estimate of drug-likeness (QED) is 0.260. The number of esters is 1. The minimum atomic E-state index is -0.480. The smallest absolute Gasteiger partial charge is 0.337 e. The molecule has 0 radical (unpaired) electrons. The lowest BCUT2D eigenvalue weighted by molar-refractivity contribution is -0.113. The van der Waals surface area contributed by atoms with Gasteiger partial charge < -0.3 is 10.1 Å². The number of hydrogen-bond acceptors (Lipinski definition) is 7. The average Bonchev–Trinajstić information content (AvgIpc) is 3.18. The van der Waals surface area contributed by atoms with Gasteiger partial charge in [0.1, 0.15) is 4.83 Å². The van der Waals surface area contributed by atoms with E-state index in [1.165, 1.54) is 34.8 Å². The standard InChI is InChI=1S/C23H19N3O4S2/c1-14-11-18-20(32-14)25-23(26(21(18)28)17-9-4-3-5-10-17)31-13-19(27)24-16-8-6-7-15(12-16)22(29)30-2/h3-12H,13H2,1-2H3,(H,24,27). The molecule has 4 rings (SSSR count). The zero-order chi connectivity index (χ0) is 22.7. The van der Waals surface area contributed by atoms with E-state index >= 15 is 0 Å². The van der Waals surface area contributed by atoms with Crippen LogP contribution in [0.1, 0.15) is 15.2 Å².